The molecule has 48 valence electrons. The van der Waals surface area contributed by atoms with Crippen molar-refractivity contribution in [1.29, 1.82) is 0 Å². The van der Waals surface area contributed by atoms with Gasteiger partial charge in [0.2, 0.25) is 0 Å². The van der Waals surface area contributed by atoms with Crippen LogP contribution >= 0.6 is 0 Å². The molecular formula is C6H12O2. The highest BCUT2D eigenvalue weighted by Crippen LogP contribution is 2.29. The van der Waals surface area contributed by atoms with Crippen molar-refractivity contribution in [3.05, 3.63) is 0 Å². The quantitative estimate of drug-likeness (QED) is 0.537. The molecule has 0 radical (unpaired) electrons. The van der Waals surface area contributed by atoms with E-state index < -0.39 is 0 Å². The zero-order valence-electron chi connectivity index (χ0n) is 5.35. The molecule has 1 N–H and O–H groups in total. The SMILES string of the molecule is CC(O)C1(C)COC1. The summed E-state index contributed by atoms with van der Waals surface area (Å²) in [5, 5.41) is 9.05. The lowest BCUT2D eigenvalue weighted by Crippen LogP contribution is -2.47. The largest absolute Gasteiger partial charge is 0.393 e. The van der Waals surface area contributed by atoms with E-state index in [0.717, 1.165) is 0 Å². The van der Waals surface area contributed by atoms with Gasteiger partial charge in [0.05, 0.1) is 19.3 Å². The number of ether oxygens (including phenoxy) is 1. The maximum Gasteiger partial charge on any atom is 0.0609 e. The van der Waals surface area contributed by atoms with Gasteiger partial charge in [-0.05, 0) is 6.92 Å². The summed E-state index contributed by atoms with van der Waals surface area (Å²) in [4.78, 5) is 0. The Hall–Kier alpha value is -0.0800. The van der Waals surface area contributed by atoms with Gasteiger partial charge in [-0.1, -0.05) is 6.92 Å². The van der Waals surface area contributed by atoms with Crippen LogP contribution in [0.2, 0.25) is 0 Å². The van der Waals surface area contributed by atoms with Crippen LogP contribution in [0.1, 0.15) is 13.8 Å². The van der Waals surface area contributed by atoms with Crippen LogP contribution in [0.3, 0.4) is 0 Å². The van der Waals surface area contributed by atoms with Crippen LogP contribution in [-0.4, -0.2) is 24.4 Å². The fourth-order valence-corrected chi connectivity index (χ4v) is 0.665. The fourth-order valence-electron chi connectivity index (χ4n) is 0.665. The highest BCUT2D eigenvalue weighted by molar-refractivity contribution is 4.85. The maximum atomic E-state index is 9.05. The molecule has 1 unspecified atom stereocenters. The Morgan fingerprint density at radius 1 is 1.62 bits per heavy atom. The summed E-state index contributed by atoms with van der Waals surface area (Å²) in [7, 11) is 0. The van der Waals surface area contributed by atoms with E-state index in [1.165, 1.54) is 0 Å². The minimum atomic E-state index is -0.226. The lowest BCUT2D eigenvalue weighted by molar-refractivity contribution is -0.155. The van der Waals surface area contributed by atoms with E-state index in [1.807, 2.05) is 13.8 Å². The van der Waals surface area contributed by atoms with Crippen LogP contribution in [-0.2, 0) is 4.74 Å². The lowest BCUT2D eigenvalue weighted by atomic mass is 9.83. The molecule has 8 heavy (non-hydrogen) atoms. The minimum absolute atomic E-state index is 0.0556. The highest BCUT2D eigenvalue weighted by atomic mass is 16.5. The molecule has 1 rings (SSSR count). The molecule has 0 bridgehead atoms. The third-order valence-electron chi connectivity index (χ3n) is 1.87. The third-order valence-corrected chi connectivity index (χ3v) is 1.87. The molecule has 0 aromatic rings. The number of hydrogen-bond donors (Lipinski definition) is 1. The summed E-state index contributed by atoms with van der Waals surface area (Å²) in [5.41, 5.74) is 0.0556. The standard InChI is InChI=1S/C6H12O2/c1-5(7)6(2)3-8-4-6/h5,7H,3-4H2,1-2H3. The Morgan fingerprint density at radius 3 is 2.12 bits per heavy atom. The van der Waals surface area contributed by atoms with Gasteiger partial charge < -0.3 is 9.84 Å². The van der Waals surface area contributed by atoms with Crippen LogP contribution in [0.15, 0.2) is 0 Å². The zero-order chi connectivity index (χ0) is 6.20. The fraction of sp³-hybridized carbons (Fsp3) is 1.00. The summed E-state index contributed by atoms with van der Waals surface area (Å²) in [6.07, 6.45) is -0.226. The average Bonchev–Trinajstić information content (AvgIpc) is 1.60. The Balaban J connectivity index is 2.41. The van der Waals surface area contributed by atoms with Gasteiger partial charge in [0.25, 0.3) is 0 Å². The lowest BCUT2D eigenvalue weighted by Gasteiger charge is -2.40. The summed E-state index contributed by atoms with van der Waals surface area (Å²) in [6, 6.07) is 0. The first kappa shape index (κ1) is 6.05. The van der Waals surface area contributed by atoms with E-state index in [2.05, 4.69) is 0 Å². The van der Waals surface area contributed by atoms with Gasteiger partial charge in [0.15, 0.2) is 0 Å². The molecule has 1 fully saturated rings. The maximum absolute atomic E-state index is 9.05. The van der Waals surface area contributed by atoms with Gasteiger partial charge in [-0.15, -0.1) is 0 Å². The Bertz CT molecular complexity index is 84.5. The molecule has 0 aliphatic carbocycles. The molecule has 0 amide bonds. The van der Waals surface area contributed by atoms with Crippen molar-refractivity contribution >= 4 is 0 Å². The van der Waals surface area contributed by atoms with Crippen LogP contribution < -0.4 is 0 Å². The smallest absolute Gasteiger partial charge is 0.0609 e. The highest BCUT2D eigenvalue weighted by Gasteiger charge is 2.37. The average molecular weight is 116 g/mol. The van der Waals surface area contributed by atoms with Gasteiger partial charge in [0, 0.05) is 5.41 Å². The van der Waals surface area contributed by atoms with Crippen molar-refractivity contribution in [3.8, 4) is 0 Å². The predicted molar refractivity (Wildman–Crippen MR) is 30.6 cm³/mol. The van der Waals surface area contributed by atoms with E-state index in [1.54, 1.807) is 0 Å². The van der Waals surface area contributed by atoms with E-state index in [4.69, 9.17) is 9.84 Å². The van der Waals surface area contributed by atoms with Crippen LogP contribution in [0, 0.1) is 5.41 Å². The van der Waals surface area contributed by atoms with Crippen molar-refractivity contribution < 1.29 is 9.84 Å². The Morgan fingerprint density at radius 2 is 2.12 bits per heavy atom. The monoisotopic (exact) mass is 116 g/mol. The minimum Gasteiger partial charge on any atom is -0.393 e. The molecule has 2 heteroatoms. The van der Waals surface area contributed by atoms with Gasteiger partial charge >= 0.3 is 0 Å². The first-order valence-corrected chi connectivity index (χ1v) is 2.91. The molecule has 1 atom stereocenters. The summed E-state index contributed by atoms with van der Waals surface area (Å²) >= 11 is 0. The second-order valence-electron chi connectivity index (χ2n) is 2.82. The number of hydrogen-bond acceptors (Lipinski definition) is 2. The third kappa shape index (κ3) is 0.740. The molecule has 1 saturated heterocycles. The first-order chi connectivity index (χ1) is 3.65. The topological polar surface area (TPSA) is 29.5 Å². The number of aliphatic hydroxyl groups excluding tert-OH is 1. The Labute approximate surface area is 49.5 Å². The molecule has 2 nitrogen and oxygen atoms in total. The molecule has 0 spiro atoms. The number of aliphatic hydroxyl groups is 1. The van der Waals surface area contributed by atoms with Crippen molar-refractivity contribution in [2.45, 2.75) is 20.0 Å². The van der Waals surface area contributed by atoms with E-state index >= 15 is 0 Å². The second kappa shape index (κ2) is 1.71. The molecule has 1 heterocycles. The van der Waals surface area contributed by atoms with Gasteiger partial charge in [-0.2, -0.15) is 0 Å². The molecule has 0 aromatic heterocycles. The molecule has 1 aliphatic heterocycles. The Kier molecular flexibility index (Phi) is 1.29. The number of rotatable bonds is 1. The molecule has 1 aliphatic rings. The summed E-state index contributed by atoms with van der Waals surface area (Å²) in [6.45, 7) is 5.26. The second-order valence-corrected chi connectivity index (χ2v) is 2.82. The van der Waals surface area contributed by atoms with Crippen molar-refractivity contribution in [2.75, 3.05) is 13.2 Å². The van der Waals surface area contributed by atoms with Crippen LogP contribution in [0.25, 0.3) is 0 Å². The first-order valence-electron chi connectivity index (χ1n) is 2.91. The summed E-state index contributed by atoms with van der Waals surface area (Å²) in [5.74, 6) is 0. The van der Waals surface area contributed by atoms with Crippen molar-refractivity contribution in [2.24, 2.45) is 5.41 Å². The van der Waals surface area contributed by atoms with E-state index in [-0.39, 0.29) is 11.5 Å². The van der Waals surface area contributed by atoms with Gasteiger partial charge in [0.1, 0.15) is 0 Å². The molecular weight excluding hydrogens is 104 g/mol. The van der Waals surface area contributed by atoms with Crippen molar-refractivity contribution in [3.63, 3.8) is 0 Å². The summed E-state index contributed by atoms with van der Waals surface area (Å²) < 4.78 is 4.94. The van der Waals surface area contributed by atoms with E-state index in [0.29, 0.717) is 13.2 Å². The van der Waals surface area contributed by atoms with Crippen molar-refractivity contribution in [1.82, 2.24) is 0 Å². The van der Waals surface area contributed by atoms with Gasteiger partial charge in [-0.25, -0.2) is 0 Å². The molecule has 0 saturated carbocycles. The van der Waals surface area contributed by atoms with E-state index in [9.17, 15) is 0 Å². The molecule has 0 aromatic carbocycles. The van der Waals surface area contributed by atoms with Gasteiger partial charge in [-0.3, -0.25) is 0 Å². The van der Waals surface area contributed by atoms with Crippen LogP contribution in [0.4, 0.5) is 0 Å². The van der Waals surface area contributed by atoms with Crippen LogP contribution in [0.5, 0.6) is 0 Å². The zero-order valence-corrected chi connectivity index (χ0v) is 5.35. The normalized spacial score (nSPS) is 28.9. The predicted octanol–water partition coefficient (Wildman–Crippen LogP) is 0.404.